The van der Waals surface area contributed by atoms with Crippen LogP contribution >= 0.6 is 23.2 Å². The molecule has 2 amide bonds. The lowest BCUT2D eigenvalue weighted by molar-refractivity contribution is 0.251. The quantitative estimate of drug-likeness (QED) is 0.235. The Balaban J connectivity index is 0.000000798. The molecule has 1 heterocycles. The summed E-state index contributed by atoms with van der Waals surface area (Å²) in [5.74, 6) is 0.0421. The first-order valence-electron chi connectivity index (χ1n) is 10.9. The molecule has 18 heteroatoms. The molecule has 0 bridgehead atoms. The van der Waals surface area contributed by atoms with Crippen LogP contribution in [0, 0.1) is 0 Å². The number of aliphatic imine (C=N–C) groups is 2. The monoisotopic (exact) mass is 625 g/mol. The van der Waals surface area contributed by atoms with E-state index in [1.54, 1.807) is 23.1 Å². The molecular weight excluding hydrogens is 600 g/mol. The van der Waals surface area contributed by atoms with Crippen molar-refractivity contribution in [3.05, 3.63) is 52.0 Å². The summed E-state index contributed by atoms with van der Waals surface area (Å²) in [6, 6.07) is 7.79. The number of anilines is 2. The zero-order valence-corrected chi connectivity index (χ0v) is 24.0. The standard InChI is InChI=1S/C19H20Cl2FN7O3S.C2H6O3S/c1-19(2)28-16(23)27-17(24)29(19)12-5-3-10(13(20)8-12)9-25-18(30)26-11-4-6-15(14(21)7-11)33(22,31)32;1-2-6(3,4)5/h3-8H,9H2,1-2H3,(H2,25,26,30)(H4,23,24,27,28);2H2,1H3,(H,3,4,5). The van der Waals surface area contributed by atoms with Gasteiger partial charge >= 0.3 is 16.3 Å². The van der Waals surface area contributed by atoms with E-state index in [9.17, 15) is 25.5 Å². The van der Waals surface area contributed by atoms with E-state index in [0.717, 1.165) is 12.1 Å². The first kappa shape index (κ1) is 32.0. The fraction of sp³-hybridized carbons (Fsp3) is 0.286. The third kappa shape index (κ3) is 9.21. The Morgan fingerprint density at radius 2 is 1.72 bits per heavy atom. The molecule has 7 N–H and O–H groups in total. The van der Waals surface area contributed by atoms with Crippen LogP contribution in [0.4, 0.5) is 20.1 Å². The Morgan fingerprint density at radius 3 is 2.21 bits per heavy atom. The van der Waals surface area contributed by atoms with E-state index in [1.807, 2.05) is 13.8 Å². The van der Waals surface area contributed by atoms with Crippen LogP contribution in [-0.2, 0) is 26.9 Å². The van der Waals surface area contributed by atoms with Crippen molar-refractivity contribution in [2.24, 2.45) is 21.5 Å². The van der Waals surface area contributed by atoms with E-state index in [0.29, 0.717) is 16.3 Å². The highest BCUT2D eigenvalue weighted by atomic mass is 35.5. The van der Waals surface area contributed by atoms with Gasteiger partial charge in [-0.25, -0.2) is 9.79 Å². The van der Waals surface area contributed by atoms with Crippen LogP contribution in [-0.4, -0.2) is 50.8 Å². The second-order valence-corrected chi connectivity index (χ2v) is 12.2. The lowest BCUT2D eigenvalue weighted by Crippen LogP contribution is -2.54. The minimum Gasteiger partial charge on any atom is -0.369 e. The summed E-state index contributed by atoms with van der Waals surface area (Å²) in [7, 11) is -8.62. The molecule has 13 nitrogen and oxygen atoms in total. The third-order valence-electron chi connectivity index (χ3n) is 4.95. The average Bonchev–Trinajstić information content (AvgIpc) is 2.76. The number of guanidine groups is 2. The van der Waals surface area contributed by atoms with E-state index in [1.165, 1.54) is 13.0 Å². The normalized spacial score (nSPS) is 14.9. The SMILES string of the molecule is CC1(C)N=C(N)N=C(N)N1c1ccc(CNC(=O)Nc2ccc(S(=O)(=O)F)c(Cl)c2)c(Cl)c1.CCS(=O)(=O)O. The fourth-order valence-corrected chi connectivity index (χ4v) is 4.42. The first-order chi connectivity index (χ1) is 17.8. The van der Waals surface area contributed by atoms with E-state index in [2.05, 4.69) is 20.6 Å². The molecule has 0 saturated carbocycles. The van der Waals surface area contributed by atoms with E-state index in [-0.39, 0.29) is 34.9 Å². The van der Waals surface area contributed by atoms with E-state index < -0.39 is 36.9 Å². The van der Waals surface area contributed by atoms with Crippen LogP contribution in [0.5, 0.6) is 0 Å². The predicted octanol–water partition coefficient (Wildman–Crippen LogP) is 3.05. The van der Waals surface area contributed by atoms with Gasteiger partial charge in [0, 0.05) is 22.9 Å². The molecule has 39 heavy (non-hydrogen) atoms. The highest BCUT2D eigenvalue weighted by molar-refractivity contribution is 7.86. The number of nitrogens with one attached hydrogen (secondary N) is 2. The van der Waals surface area contributed by atoms with Crippen molar-refractivity contribution in [3.63, 3.8) is 0 Å². The van der Waals surface area contributed by atoms with Gasteiger partial charge in [0.1, 0.15) is 10.6 Å². The summed E-state index contributed by atoms with van der Waals surface area (Å²) >= 11 is 12.2. The van der Waals surface area contributed by atoms with E-state index >= 15 is 0 Å². The average molecular weight is 627 g/mol. The molecule has 0 fully saturated rings. The van der Waals surface area contributed by atoms with Crippen LogP contribution < -0.4 is 27.0 Å². The smallest absolute Gasteiger partial charge is 0.333 e. The summed E-state index contributed by atoms with van der Waals surface area (Å²) in [5, 5.41) is 5.09. The Kier molecular flexibility index (Phi) is 10.1. The van der Waals surface area contributed by atoms with Gasteiger partial charge in [-0.15, -0.1) is 3.89 Å². The molecule has 0 saturated heterocycles. The fourth-order valence-electron chi connectivity index (χ4n) is 3.20. The maximum Gasteiger partial charge on any atom is 0.333 e. The second-order valence-electron chi connectivity index (χ2n) is 8.31. The molecule has 1 aliphatic rings. The van der Waals surface area contributed by atoms with Gasteiger partial charge in [0.05, 0.1) is 10.8 Å². The molecule has 0 atom stereocenters. The molecule has 0 aromatic heterocycles. The lowest BCUT2D eigenvalue weighted by atomic mass is 10.1. The molecule has 2 aromatic carbocycles. The minimum absolute atomic E-state index is 0.0771. The van der Waals surface area contributed by atoms with Crippen LogP contribution in [0.15, 0.2) is 51.3 Å². The number of urea groups is 1. The van der Waals surface area contributed by atoms with Crippen LogP contribution in [0.2, 0.25) is 10.0 Å². The maximum absolute atomic E-state index is 13.1. The second kappa shape index (κ2) is 12.3. The Hall–Kier alpha value is -3.18. The number of rotatable bonds is 6. The third-order valence-corrected chi connectivity index (χ3v) is 7.33. The zero-order valence-electron chi connectivity index (χ0n) is 20.8. The Bertz CT molecular complexity index is 1530. The number of amides is 2. The van der Waals surface area contributed by atoms with Crippen molar-refractivity contribution in [2.75, 3.05) is 16.0 Å². The van der Waals surface area contributed by atoms with Crippen LogP contribution in [0.3, 0.4) is 0 Å². The Morgan fingerprint density at radius 1 is 1.10 bits per heavy atom. The minimum atomic E-state index is -4.96. The summed E-state index contributed by atoms with van der Waals surface area (Å²) in [4.78, 5) is 21.5. The highest BCUT2D eigenvalue weighted by Gasteiger charge is 2.33. The summed E-state index contributed by atoms with van der Waals surface area (Å²) < 4.78 is 62.0. The number of hydrogen-bond acceptors (Lipinski definition) is 10. The molecule has 1 aliphatic heterocycles. The number of benzene rings is 2. The van der Waals surface area contributed by atoms with Gasteiger partial charge in [0.25, 0.3) is 10.1 Å². The topological polar surface area (TPSA) is 210 Å². The van der Waals surface area contributed by atoms with Gasteiger partial charge in [0.2, 0.25) is 11.9 Å². The van der Waals surface area contributed by atoms with Crippen LogP contribution in [0.25, 0.3) is 0 Å². The van der Waals surface area contributed by atoms with Crippen molar-refractivity contribution < 1.29 is 30.1 Å². The van der Waals surface area contributed by atoms with Crippen molar-refractivity contribution in [3.8, 4) is 0 Å². The number of nitrogens with zero attached hydrogens (tertiary/aromatic N) is 3. The molecule has 3 rings (SSSR count). The summed E-state index contributed by atoms with van der Waals surface area (Å²) in [6.07, 6.45) is 0. The molecule has 0 aliphatic carbocycles. The van der Waals surface area contributed by atoms with Gasteiger partial charge in [-0.2, -0.15) is 21.8 Å². The predicted molar refractivity (Wildman–Crippen MR) is 149 cm³/mol. The molecular formula is C21H26Cl2FN7O6S2. The van der Waals surface area contributed by atoms with Gasteiger partial charge in [-0.05, 0) is 56.7 Å². The van der Waals surface area contributed by atoms with Gasteiger partial charge in [-0.3, -0.25) is 9.45 Å². The molecule has 0 radical (unpaired) electrons. The van der Waals surface area contributed by atoms with Crippen LogP contribution in [0.1, 0.15) is 26.3 Å². The molecule has 0 unspecified atom stereocenters. The summed E-state index contributed by atoms with van der Waals surface area (Å²) in [6.45, 7) is 5.08. The molecule has 2 aromatic rings. The molecule has 0 spiro atoms. The van der Waals surface area contributed by atoms with E-state index in [4.69, 9.17) is 39.2 Å². The van der Waals surface area contributed by atoms with Gasteiger partial charge in [-0.1, -0.05) is 29.3 Å². The number of carbonyl (C=O) groups is 1. The number of hydrogen-bond donors (Lipinski definition) is 5. The number of carbonyl (C=O) groups excluding carboxylic acids is 1. The lowest BCUT2D eigenvalue weighted by Gasteiger charge is -2.38. The van der Waals surface area contributed by atoms with Crippen molar-refractivity contribution >= 4 is 72.9 Å². The zero-order chi connectivity index (χ0) is 29.8. The summed E-state index contributed by atoms with van der Waals surface area (Å²) in [5.41, 5.74) is 12.3. The van der Waals surface area contributed by atoms with Crippen molar-refractivity contribution in [2.45, 2.75) is 37.9 Å². The Labute approximate surface area is 235 Å². The number of halogens is 3. The van der Waals surface area contributed by atoms with Crippen molar-refractivity contribution in [1.29, 1.82) is 0 Å². The number of nitrogens with two attached hydrogens (primary N) is 2. The molecule has 214 valence electrons. The first-order valence-corrected chi connectivity index (χ1v) is 14.6. The maximum atomic E-state index is 13.1. The van der Waals surface area contributed by atoms with Gasteiger partial charge in [0.15, 0.2) is 0 Å². The van der Waals surface area contributed by atoms with Gasteiger partial charge < -0.3 is 22.1 Å². The van der Waals surface area contributed by atoms with Crippen molar-refractivity contribution in [1.82, 2.24) is 5.32 Å². The largest absolute Gasteiger partial charge is 0.369 e. The highest BCUT2D eigenvalue weighted by Crippen LogP contribution is 2.31.